The molecule has 0 bridgehead atoms. The number of oxazole rings is 1. The van der Waals surface area contributed by atoms with Crippen LogP contribution in [0.3, 0.4) is 0 Å². The molecule has 1 N–H and O–H groups in total. The Labute approximate surface area is 141 Å². The molecule has 0 aliphatic carbocycles. The molecule has 0 atom stereocenters. The zero-order valence-corrected chi connectivity index (χ0v) is 13.2. The van der Waals surface area contributed by atoms with E-state index in [1.54, 1.807) is 0 Å². The highest BCUT2D eigenvalue weighted by Gasteiger charge is 2.14. The summed E-state index contributed by atoms with van der Waals surface area (Å²) in [6.07, 6.45) is 0. The molecule has 0 aliphatic heterocycles. The molecule has 0 aliphatic rings. The predicted molar refractivity (Wildman–Crippen MR) is 95.6 cm³/mol. The largest absolute Gasteiger partial charge is 0.439 e. The fourth-order valence-corrected chi connectivity index (χ4v) is 2.90. The first-order valence-corrected chi connectivity index (χ1v) is 8.08. The van der Waals surface area contributed by atoms with Crippen molar-refractivity contribution in [3.63, 3.8) is 0 Å². The fourth-order valence-electron chi connectivity index (χ4n) is 2.90. The average molecular weight is 314 g/mol. The number of fused-ring (bicyclic) bond motifs is 1. The SMILES string of the molecule is c1ccc(C(NCc2nc3ccccc3o2)c2ccccc2)cc1. The maximum atomic E-state index is 5.82. The van der Waals surface area contributed by atoms with Gasteiger partial charge in [-0.15, -0.1) is 0 Å². The average Bonchev–Trinajstić information content (AvgIpc) is 3.07. The van der Waals surface area contributed by atoms with Crippen molar-refractivity contribution >= 4 is 11.1 Å². The van der Waals surface area contributed by atoms with Crippen molar-refractivity contribution in [3.05, 3.63) is 102 Å². The van der Waals surface area contributed by atoms with Crippen molar-refractivity contribution in [3.8, 4) is 0 Å². The molecule has 4 aromatic rings. The number of hydrogen-bond acceptors (Lipinski definition) is 3. The summed E-state index contributed by atoms with van der Waals surface area (Å²) < 4.78 is 5.82. The van der Waals surface area contributed by atoms with Gasteiger partial charge < -0.3 is 4.42 Å². The number of nitrogens with zero attached hydrogens (tertiary/aromatic N) is 1. The molecule has 3 heteroatoms. The second-order valence-corrected chi connectivity index (χ2v) is 5.71. The van der Waals surface area contributed by atoms with E-state index in [0.29, 0.717) is 12.4 Å². The smallest absolute Gasteiger partial charge is 0.209 e. The predicted octanol–water partition coefficient (Wildman–Crippen LogP) is 4.71. The summed E-state index contributed by atoms with van der Waals surface area (Å²) >= 11 is 0. The van der Waals surface area contributed by atoms with Gasteiger partial charge in [0.05, 0.1) is 12.6 Å². The maximum Gasteiger partial charge on any atom is 0.209 e. The van der Waals surface area contributed by atoms with Gasteiger partial charge in [-0.2, -0.15) is 0 Å². The standard InChI is InChI=1S/C21H18N2O/c1-3-9-16(10-4-1)21(17-11-5-2-6-12-17)22-15-20-23-18-13-7-8-14-19(18)24-20/h1-14,21-22H,15H2. The molecule has 0 radical (unpaired) electrons. The third-order valence-corrected chi connectivity index (χ3v) is 4.06. The Morgan fingerprint density at radius 2 is 1.33 bits per heavy atom. The van der Waals surface area contributed by atoms with Crippen LogP contribution in [0.2, 0.25) is 0 Å². The summed E-state index contributed by atoms with van der Waals surface area (Å²) in [6, 6.07) is 28.8. The van der Waals surface area contributed by atoms with Crippen molar-refractivity contribution in [1.29, 1.82) is 0 Å². The summed E-state index contributed by atoms with van der Waals surface area (Å²) in [7, 11) is 0. The topological polar surface area (TPSA) is 38.1 Å². The third kappa shape index (κ3) is 3.07. The minimum atomic E-state index is 0.0995. The minimum absolute atomic E-state index is 0.0995. The van der Waals surface area contributed by atoms with Crippen LogP contribution in [0.25, 0.3) is 11.1 Å². The summed E-state index contributed by atoms with van der Waals surface area (Å²) in [5.41, 5.74) is 4.16. The zero-order valence-electron chi connectivity index (χ0n) is 13.2. The molecular weight excluding hydrogens is 296 g/mol. The van der Waals surface area contributed by atoms with E-state index >= 15 is 0 Å². The maximum absolute atomic E-state index is 5.82. The first-order valence-electron chi connectivity index (χ1n) is 8.08. The number of nitrogens with one attached hydrogen (secondary N) is 1. The number of benzene rings is 3. The van der Waals surface area contributed by atoms with Crippen LogP contribution in [0.15, 0.2) is 89.3 Å². The van der Waals surface area contributed by atoms with E-state index in [0.717, 1.165) is 11.1 Å². The Morgan fingerprint density at radius 3 is 1.96 bits per heavy atom. The molecule has 1 heterocycles. The van der Waals surface area contributed by atoms with Crippen LogP contribution in [0.1, 0.15) is 23.1 Å². The van der Waals surface area contributed by atoms with E-state index in [4.69, 9.17) is 4.42 Å². The molecule has 0 spiro atoms. The Bertz CT molecular complexity index is 844. The van der Waals surface area contributed by atoms with Gasteiger partial charge in [-0.1, -0.05) is 72.8 Å². The quantitative estimate of drug-likeness (QED) is 0.580. The fraction of sp³-hybridized carbons (Fsp3) is 0.0952. The zero-order chi connectivity index (χ0) is 16.2. The van der Waals surface area contributed by atoms with E-state index in [-0.39, 0.29) is 6.04 Å². The van der Waals surface area contributed by atoms with Gasteiger partial charge in [-0.05, 0) is 23.3 Å². The molecule has 4 rings (SSSR count). The Kier molecular flexibility index (Phi) is 4.09. The second-order valence-electron chi connectivity index (χ2n) is 5.71. The van der Waals surface area contributed by atoms with Crippen LogP contribution in [0.5, 0.6) is 0 Å². The molecule has 24 heavy (non-hydrogen) atoms. The van der Waals surface area contributed by atoms with Gasteiger partial charge >= 0.3 is 0 Å². The number of rotatable bonds is 5. The van der Waals surface area contributed by atoms with E-state index in [2.05, 4.69) is 58.8 Å². The van der Waals surface area contributed by atoms with Crippen molar-refractivity contribution in [1.82, 2.24) is 10.3 Å². The Balaban J connectivity index is 1.60. The third-order valence-electron chi connectivity index (χ3n) is 4.06. The van der Waals surface area contributed by atoms with E-state index < -0.39 is 0 Å². The van der Waals surface area contributed by atoms with Gasteiger partial charge in [0.1, 0.15) is 5.52 Å². The van der Waals surface area contributed by atoms with E-state index in [1.165, 1.54) is 11.1 Å². The van der Waals surface area contributed by atoms with Crippen LogP contribution >= 0.6 is 0 Å². The highest BCUT2D eigenvalue weighted by atomic mass is 16.3. The van der Waals surface area contributed by atoms with Gasteiger partial charge in [0, 0.05) is 0 Å². The molecule has 0 amide bonds. The molecule has 3 nitrogen and oxygen atoms in total. The van der Waals surface area contributed by atoms with Crippen molar-refractivity contribution in [2.75, 3.05) is 0 Å². The highest BCUT2D eigenvalue weighted by molar-refractivity contribution is 5.72. The summed E-state index contributed by atoms with van der Waals surface area (Å²) in [5.74, 6) is 0.702. The molecule has 0 fully saturated rings. The van der Waals surface area contributed by atoms with Crippen LogP contribution in [-0.2, 0) is 6.54 Å². The molecule has 3 aromatic carbocycles. The van der Waals surface area contributed by atoms with Crippen LogP contribution < -0.4 is 5.32 Å². The van der Waals surface area contributed by atoms with Crippen molar-refractivity contribution in [2.24, 2.45) is 0 Å². The Morgan fingerprint density at radius 1 is 0.750 bits per heavy atom. The minimum Gasteiger partial charge on any atom is -0.439 e. The van der Waals surface area contributed by atoms with Crippen LogP contribution in [-0.4, -0.2) is 4.98 Å². The summed E-state index contributed by atoms with van der Waals surface area (Å²) in [5, 5.41) is 3.57. The lowest BCUT2D eigenvalue weighted by Crippen LogP contribution is -2.22. The van der Waals surface area contributed by atoms with E-state index in [9.17, 15) is 0 Å². The van der Waals surface area contributed by atoms with Gasteiger partial charge in [-0.3, -0.25) is 5.32 Å². The first kappa shape index (κ1) is 14.7. The van der Waals surface area contributed by atoms with Crippen LogP contribution in [0.4, 0.5) is 0 Å². The lowest BCUT2D eigenvalue weighted by molar-refractivity contribution is 0.477. The lowest BCUT2D eigenvalue weighted by Gasteiger charge is -2.19. The molecule has 1 aromatic heterocycles. The molecule has 0 saturated heterocycles. The number of hydrogen-bond donors (Lipinski definition) is 1. The normalized spacial score (nSPS) is 11.2. The lowest BCUT2D eigenvalue weighted by atomic mass is 9.99. The summed E-state index contributed by atoms with van der Waals surface area (Å²) in [6.45, 7) is 0.573. The molecular formula is C21H18N2O. The van der Waals surface area contributed by atoms with Crippen LogP contribution in [0, 0.1) is 0 Å². The molecule has 0 saturated carbocycles. The van der Waals surface area contributed by atoms with Crippen molar-refractivity contribution < 1.29 is 4.42 Å². The molecule has 118 valence electrons. The van der Waals surface area contributed by atoms with Gasteiger partial charge in [0.15, 0.2) is 5.58 Å². The van der Waals surface area contributed by atoms with Gasteiger partial charge in [0.25, 0.3) is 0 Å². The first-order chi connectivity index (χ1) is 11.9. The Hall–Kier alpha value is -2.91. The van der Waals surface area contributed by atoms with Crippen molar-refractivity contribution in [2.45, 2.75) is 12.6 Å². The van der Waals surface area contributed by atoms with Gasteiger partial charge in [0.2, 0.25) is 5.89 Å². The summed E-state index contributed by atoms with van der Waals surface area (Å²) in [4.78, 5) is 4.54. The van der Waals surface area contributed by atoms with E-state index in [1.807, 2.05) is 36.4 Å². The second kappa shape index (κ2) is 6.69. The molecule has 0 unspecified atom stereocenters. The number of aromatic nitrogens is 1. The highest BCUT2D eigenvalue weighted by Crippen LogP contribution is 2.23. The monoisotopic (exact) mass is 314 g/mol. The van der Waals surface area contributed by atoms with Gasteiger partial charge in [-0.25, -0.2) is 4.98 Å². The number of para-hydroxylation sites is 2.